The van der Waals surface area contributed by atoms with Crippen LogP contribution >= 0.6 is 0 Å². The molecule has 1 N–H and O–H groups in total. The predicted octanol–water partition coefficient (Wildman–Crippen LogP) is 6.63. The molecule has 0 radical (unpaired) electrons. The van der Waals surface area contributed by atoms with E-state index in [-0.39, 0.29) is 39.1 Å². The van der Waals surface area contributed by atoms with Crippen molar-refractivity contribution in [3.8, 4) is 0 Å². The molecule has 6 atom stereocenters. The van der Waals surface area contributed by atoms with Crippen molar-refractivity contribution < 1.29 is 19.5 Å². The number of rotatable bonds is 2. The predicted molar refractivity (Wildman–Crippen MR) is 141 cm³/mol. The van der Waals surface area contributed by atoms with Gasteiger partial charge in [0.15, 0.2) is 5.76 Å². The normalized spacial score (nSPS) is 43.8. The molecule has 3 fully saturated rings. The number of fused-ring (bicyclic) bond motifs is 7. The van der Waals surface area contributed by atoms with Crippen LogP contribution in [-0.4, -0.2) is 36.0 Å². The summed E-state index contributed by atoms with van der Waals surface area (Å²) in [5.74, 6) is 0.0970. The molecule has 0 aliphatic heterocycles. The summed E-state index contributed by atoms with van der Waals surface area (Å²) < 4.78 is 0. The zero-order chi connectivity index (χ0) is 26.5. The maximum Gasteiger partial charge on any atom is 0.251 e. The van der Waals surface area contributed by atoms with E-state index in [0.29, 0.717) is 11.5 Å². The van der Waals surface area contributed by atoms with Gasteiger partial charge in [0, 0.05) is 23.5 Å². The van der Waals surface area contributed by atoms with Gasteiger partial charge in [-0.2, -0.15) is 0 Å². The number of amides is 1. The molecule has 0 saturated heterocycles. The number of carbonyl (C=O) groups excluding carboxylic acids is 2. The first-order valence-corrected chi connectivity index (χ1v) is 13.6. The monoisotopic (exact) mass is 493 g/mol. The molecule has 0 heterocycles. The van der Waals surface area contributed by atoms with Crippen molar-refractivity contribution in [3.63, 3.8) is 0 Å². The first-order chi connectivity index (χ1) is 16.7. The van der Waals surface area contributed by atoms with Gasteiger partial charge in [-0.3, -0.25) is 14.4 Å². The van der Waals surface area contributed by atoms with E-state index >= 15 is 0 Å². The van der Waals surface area contributed by atoms with Crippen LogP contribution in [0.2, 0.25) is 0 Å². The van der Waals surface area contributed by atoms with Crippen LogP contribution in [-0.2, 0) is 14.4 Å². The van der Waals surface area contributed by atoms with Crippen molar-refractivity contribution in [2.45, 2.75) is 86.5 Å². The lowest BCUT2D eigenvalue weighted by atomic mass is 9.34. The number of aliphatic hydroxyl groups excluding tert-OH is 1. The van der Waals surface area contributed by atoms with Crippen LogP contribution in [0.5, 0.6) is 0 Å². The van der Waals surface area contributed by atoms with Gasteiger partial charge in [-0.15, -0.1) is 0 Å². The molecule has 0 aromatic carbocycles. The second-order valence-corrected chi connectivity index (χ2v) is 13.6. The molecule has 0 bridgehead atoms. The van der Waals surface area contributed by atoms with E-state index in [9.17, 15) is 14.7 Å². The van der Waals surface area contributed by atoms with Crippen LogP contribution in [0.1, 0.15) is 86.5 Å². The van der Waals surface area contributed by atoms with Crippen LogP contribution in [0.25, 0.3) is 0 Å². The lowest BCUT2D eigenvalue weighted by molar-refractivity contribution is -0.197. The molecule has 3 saturated carbocycles. The SMILES string of the molecule is CON(C)C(=O)[C@]1(C)CC[C@]2(C)CC[C@]3(C)C4=CC=C5C(=CC(=O)C(O)=C5C)[C@]4(C)CC[C@@]3(C)[C@@H]2C1. The van der Waals surface area contributed by atoms with E-state index in [1.807, 2.05) is 6.92 Å². The highest BCUT2D eigenvalue weighted by Crippen LogP contribution is 2.75. The Kier molecular flexibility index (Phi) is 5.45. The summed E-state index contributed by atoms with van der Waals surface area (Å²) in [5.41, 5.74) is 3.75. The lowest BCUT2D eigenvalue weighted by Gasteiger charge is -2.70. The molecule has 36 heavy (non-hydrogen) atoms. The molecule has 5 heteroatoms. The van der Waals surface area contributed by atoms with Gasteiger partial charge in [0.05, 0.1) is 7.11 Å². The van der Waals surface area contributed by atoms with E-state index in [4.69, 9.17) is 4.84 Å². The average Bonchev–Trinajstić information content (AvgIpc) is 2.85. The largest absolute Gasteiger partial charge is 0.504 e. The fraction of sp³-hybridized carbons (Fsp3) is 0.677. The van der Waals surface area contributed by atoms with Crippen molar-refractivity contribution in [2.24, 2.45) is 33.0 Å². The first kappa shape index (κ1) is 25.5. The Morgan fingerprint density at radius 1 is 1.03 bits per heavy atom. The highest BCUT2D eigenvalue weighted by Gasteiger charge is 2.67. The highest BCUT2D eigenvalue weighted by molar-refractivity contribution is 6.06. The van der Waals surface area contributed by atoms with E-state index in [1.54, 1.807) is 20.2 Å². The summed E-state index contributed by atoms with van der Waals surface area (Å²) in [6, 6.07) is 0. The minimum absolute atomic E-state index is 0.0382. The van der Waals surface area contributed by atoms with Crippen LogP contribution in [0.15, 0.2) is 46.3 Å². The number of hydroxylamine groups is 2. The second-order valence-electron chi connectivity index (χ2n) is 13.6. The number of hydrogen-bond acceptors (Lipinski definition) is 4. The fourth-order valence-corrected chi connectivity index (χ4v) is 9.11. The Morgan fingerprint density at radius 3 is 2.36 bits per heavy atom. The number of allylic oxidation sites excluding steroid dienone is 7. The van der Waals surface area contributed by atoms with Gasteiger partial charge >= 0.3 is 0 Å². The summed E-state index contributed by atoms with van der Waals surface area (Å²) in [7, 11) is 3.29. The van der Waals surface area contributed by atoms with Crippen molar-refractivity contribution >= 4 is 11.7 Å². The third-order valence-electron chi connectivity index (χ3n) is 11.9. The number of nitrogens with zero attached hydrogens (tertiary/aromatic N) is 1. The van der Waals surface area contributed by atoms with Crippen LogP contribution < -0.4 is 0 Å². The van der Waals surface area contributed by atoms with Crippen LogP contribution in [0.3, 0.4) is 0 Å². The minimum atomic E-state index is -0.428. The van der Waals surface area contributed by atoms with Gasteiger partial charge < -0.3 is 5.11 Å². The second kappa shape index (κ2) is 7.69. The van der Waals surface area contributed by atoms with E-state index in [0.717, 1.165) is 56.1 Å². The molecule has 0 aromatic rings. The average molecular weight is 494 g/mol. The van der Waals surface area contributed by atoms with E-state index in [2.05, 4.69) is 46.8 Å². The summed E-state index contributed by atoms with van der Waals surface area (Å²) in [6.07, 6.45) is 13.3. The van der Waals surface area contributed by atoms with Gasteiger partial charge in [0.1, 0.15) is 0 Å². The van der Waals surface area contributed by atoms with Gasteiger partial charge in [0.25, 0.3) is 5.91 Å². The summed E-state index contributed by atoms with van der Waals surface area (Å²) in [5, 5.41) is 11.8. The molecule has 5 aliphatic carbocycles. The van der Waals surface area contributed by atoms with E-state index in [1.165, 1.54) is 10.6 Å². The molecule has 0 unspecified atom stereocenters. The standard InChI is InChI=1S/C31H43NO4/c1-19-20-9-10-23-29(4,21(20)17-22(33)25(19)34)14-16-31(6)24-18-28(3,26(35)32(7)36-8)12-11-27(24,2)13-15-30(23,31)5/h9-10,17,24,34H,11-16,18H2,1-8H3/t24-,27-,28-,29+,30-,31+/m1/s1. The minimum Gasteiger partial charge on any atom is -0.504 e. The Labute approximate surface area is 216 Å². The quantitative estimate of drug-likeness (QED) is 0.438. The highest BCUT2D eigenvalue weighted by atomic mass is 16.7. The Bertz CT molecular complexity index is 1170. The molecule has 5 nitrogen and oxygen atoms in total. The molecule has 0 spiro atoms. The van der Waals surface area contributed by atoms with Gasteiger partial charge in [-0.1, -0.05) is 52.3 Å². The molecule has 0 aromatic heterocycles. The summed E-state index contributed by atoms with van der Waals surface area (Å²) >= 11 is 0. The van der Waals surface area contributed by atoms with Gasteiger partial charge in [-0.05, 0) is 91.3 Å². The Balaban J connectivity index is 1.60. The molecule has 5 rings (SSSR count). The molecular weight excluding hydrogens is 450 g/mol. The molecule has 196 valence electrons. The third-order valence-corrected chi connectivity index (χ3v) is 11.9. The number of hydrogen-bond donors (Lipinski definition) is 1. The zero-order valence-corrected chi connectivity index (χ0v) is 23.4. The van der Waals surface area contributed by atoms with Crippen molar-refractivity contribution in [1.82, 2.24) is 5.06 Å². The van der Waals surface area contributed by atoms with Crippen molar-refractivity contribution in [3.05, 3.63) is 46.3 Å². The van der Waals surface area contributed by atoms with Gasteiger partial charge in [0.2, 0.25) is 5.78 Å². The third kappa shape index (κ3) is 3.04. The van der Waals surface area contributed by atoms with E-state index < -0.39 is 5.41 Å². The zero-order valence-electron chi connectivity index (χ0n) is 23.4. The summed E-state index contributed by atoms with van der Waals surface area (Å²) in [4.78, 5) is 31.4. The fourth-order valence-electron chi connectivity index (χ4n) is 9.11. The number of carbonyl (C=O) groups is 2. The molecular formula is C31H43NO4. The Morgan fingerprint density at radius 2 is 1.69 bits per heavy atom. The summed E-state index contributed by atoms with van der Waals surface area (Å²) in [6.45, 7) is 13.7. The smallest absolute Gasteiger partial charge is 0.251 e. The number of ketones is 1. The molecule has 1 amide bonds. The molecule has 5 aliphatic rings. The van der Waals surface area contributed by atoms with Crippen LogP contribution in [0.4, 0.5) is 0 Å². The van der Waals surface area contributed by atoms with Crippen molar-refractivity contribution in [2.75, 3.05) is 14.2 Å². The van der Waals surface area contributed by atoms with Crippen molar-refractivity contribution in [1.29, 1.82) is 0 Å². The Hall–Kier alpha value is -2.14. The maximum absolute atomic E-state index is 13.4. The van der Waals surface area contributed by atoms with Crippen LogP contribution in [0, 0.1) is 33.0 Å². The maximum atomic E-state index is 13.4. The topological polar surface area (TPSA) is 66.8 Å². The lowest BCUT2D eigenvalue weighted by Crippen LogP contribution is -2.62. The first-order valence-electron chi connectivity index (χ1n) is 13.6. The van der Waals surface area contributed by atoms with Gasteiger partial charge in [-0.25, -0.2) is 5.06 Å². The number of aliphatic hydroxyl groups is 1.